The van der Waals surface area contributed by atoms with Crippen LogP contribution in [0.1, 0.15) is 35.6 Å². The van der Waals surface area contributed by atoms with Crippen LogP contribution in [0.15, 0.2) is 48.5 Å². The first-order chi connectivity index (χ1) is 10.7. The maximum Gasteiger partial charge on any atom is 0.251 e. The molecule has 4 nitrogen and oxygen atoms in total. The molecule has 0 radical (unpaired) electrons. The summed E-state index contributed by atoms with van der Waals surface area (Å²) >= 11 is 5.84. The van der Waals surface area contributed by atoms with Crippen molar-refractivity contribution >= 4 is 28.5 Å². The van der Waals surface area contributed by atoms with Crippen LogP contribution in [0.4, 0.5) is 0 Å². The highest BCUT2D eigenvalue weighted by Crippen LogP contribution is 2.19. The zero-order valence-electron chi connectivity index (χ0n) is 12.1. The van der Waals surface area contributed by atoms with E-state index in [9.17, 15) is 4.79 Å². The van der Waals surface area contributed by atoms with Gasteiger partial charge in [0.05, 0.1) is 17.1 Å². The molecule has 0 saturated carbocycles. The number of hydrogen-bond acceptors (Lipinski definition) is 2. The Morgan fingerprint density at radius 3 is 2.64 bits per heavy atom. The van der Waals surface area contributed by atoms with E-state index in [2.05, 4.69) is 15.3 Å². The fourth-order valence-corrected chi connectivity index (χ4v) is 2.47. The highest BCUT2D eigenvalue weighted by atomic mass is 35.5. The monoisotopic (exact) mass is 313 g/mol. The molecule has 2 N–H and O–H groups in total. The highest BCUT2D eigenvalue weighted by Gasteiger charge is 2.17. The summed E-state index contributed by atoms with van der Waals surface area (Å²) in [4.78, 5) is 20.1. The van der Waals surface area contributed by atoms with Crippen molar-refractivity contribution in [2.75, 3.05) is 0 Å². The van der Waals surface area contributed by atoms with E-state index in [-0.39, 0.29) is 11.9 Å². The Kier molecular flexibility index (Phi) is 4.11. The topological polar surface area (TPSA) is 57.8 Å². The molecule has 0 spiro atoms. The van der Waals surface area contributed by atoms with Gasteiger partial charge in [-0.05, 0) is 42.8 Å². The summed E-state index contributed by atoms with van der Waals surface area (Å²) in [7, 11) is 0. The summed E-state index contributed by atoms with van der Waals surface area (Å²) in [6.07, 6.45) is 0.749. The summed E-state index contributed by atoms with van der Waals surface area (Å²) in [5.41, 5.74) is 2.45. The number of H-pyrrole nitrogens is 1. The Labute approximate surface area is 133 Å². The molecule has 112 valence electrons. The van der Waals surface area contributed by atoms with Gasteiger partial charge >= 0.3 is 0 Å². The Morgan fingerprint density at radius 1 is 1.23 bits per heavy atom. The van der Waals surface area contributed by atoms with Crippen LogP contribution in [0, 0.1) is 0 Å². The van der Waals surface area contributed by atoms with Crippen LogP contribution in [-0.4, -0.2) is 15.9 Å². The quantitative estimate of drug-likeness (QED) is 0.762. The van der Waals surface area contributed by atoms with Gasteiger partial charge in [0.2, 0.25) is 0 Å². The normalized spacial score (nSPS) is 12.3. The van der Waals surface area contributed by atoms with E-state index < -0.39 is 0 Å². The van der Waals surface area contributed by atoms with Crippen LogP contribution in [0.25, 0.3) is 11.0 Å². The first-order valence-corrected chi connectivity index (χ1v) is 7.56. The van der Waals surface area contributed by atoms with Crippen LogP contribution >= 0.6 is 11.6 Å². The molecule has 0 saturated heterocycles. The maximum absolute atomic E-state index is 12.3. The number of benzene rings is 2. The lowest BCUT2D eigenvalue weighted by molar-refractivity contribution is 0.0934. The summed E-state index contributed by atoms with van der Waals surface area (Å²) in [5.74, 6) is 0.634. The number of imidazole rings is 1. The molecule has 1 amide bonds. The molecule has 0 aliphatic heterocycles. The van der Waals surface area contributed by atoms with Crippen LogP contribution in [0.5, 0.6) is 0 Å². The number of carbonyl (C=O) groups excluding carboxylic acids is 1. The smallest absolute Gasteiger partial charge is 0.251 e. The van der Waals surface area contributed by atoms with Gasteiger partial charge in [-0.25, -0.2) is 4.98 Å². The molecular formula is C17H16ClN3O. The van der Waals surface area contributed by atoms with Gasteiger partial charge in [-0.2, -0.15) is 0 Å². The van der Waals surface area contributed by atoms with Gasteiger partial charge in [-0.15, -0.1) is 0 Å². The zero-order valence-corrected chi connectivity index (χ0v) is 12.9. The van der Waals surface area contributed by atoms with Crippen molar-refractivity contribution in [1.82, 2.24) is 15.3 Å². The van der Waals surface area contributed by atoms with Crippen molar-refractivity contribution in [1.29, 1.82) is 0 Å². The van der Waals surface area contributed by atoms with Crippen LogP contribution in [0.2, 0.25) is 5.02 Å². The minimum absolute atomic E-state index is 0.135. The zero-order chi connectivity index (χ0) is 15.5. The minimum atomic E-state index is -0.157. The second-order valence-corrected chi connectivity index (χ2v) is 5.52. The van der Waals surface area contributed by atoms with Crippen LogP contribution in [0.3, 0.4) is 0 Å². The van der Waals surface area contributed by atoms with Crippen molar-refractivity contribution in [2.45, 2.75) is 19.4 Å². The molecule has 1 aromatic heterocycles. The average molecular weight is 314 g/mol. The summed E-state index contributed by atoms with van der Waals surface area (Å²) in [5, 5.41) is 3.62. The number of amides is 1. The number of rotatable bonds is 4. The molecule has 2 aromatic carbocycles. The van der Waals surface area contributed by atoms with E-state index >= 15 is 0 Å². The Balaban J connectivity index is 1.81. The number of aromatic amines is 1. The van der Waals surface area contributed by atoms with Crippen molar-refractivity contribution in [2.24, 2.45) is 0 Å². The molecular weight excluding hydrogens is 298 g/mol. The van der Waals surface area contributed by atoms with E-state index in [1.165, 1.54) is 0 Å². The third-order valence-electron chi connectivity index (χ3n) is 3.56. The molecule has 3 aromatic rings. The Bertz CT molecular complexity index is 762. The number of para-hydroxylation sites is 2. The molecule has 0 unspecified atom stereocenters. The van der Waals surface area contributed by atoms with Gasteiger partial charge in [0.15, 0.2) is 0 Å². The molecule has 22 heavy (non-hydrogen) atoms. The molecule has 1 heterocycles. The molecule has 0 fully saturated rings. The average Bonchev–Trinajstić information content (AvgIpc) is 2.96. The number of halogens is 1. The molecule has 3 rings (SSSR count). The molecule has 5 heteroatoms. The molecule has 1 atom stereocenters. The number of nitrogens with one attached hydrogen (secondary N) is 2. The van der Waals surface area contributed by atoms with Crippen molar-refractivity contribution in [3.63, 3.8) is 0 Å². The van der Waals surface area contributed by atoms with Gasteiger partial charge < -0.3 is 10.3 Å². The third-order valence-corrected chi connectivity index (χ3v) is 3.81. The van der Waals surface area contributed by atoms with E-state index in [1.807, 2.05) is 31.2 Å². The van der Waals surface area contributed by atoms with Crippen LogP contribution < -0.4 is 5.32 Å². The first kappa shape index (κ1) is 14.6. The first-order valence-electron chi connectivity index (χ1n) is 7.18. The van der Waals surface area contributed by atoms with E-state index in [0.717, 1.165) is 23.3 Å². The molecule has 0 aliphatic carbocycles. The molecule has 0 bridgehead atoms. The number of carbonyl (C=O) groups is 1. The van der Waals surface area contributed by atoms with E-state index in [4.69, 9.17) is 11.6 Å². The lowest BCUT2D eigenvalue weighted by Gasteiger charge is -2.14. The van der Waals surface area contributed by atoms with E-state index in [1.54, 1.807) is 24.3 Å². The lowest BCUT2D eigenvalue weighted by Crippen LogP contribution is -2.28. The molecule has 0 aliphatic rings. The second-order valence-electron chi connectivity index (χ2n) is 5.08. The Hall–Kier alpha value is -2.33. The van der Waals surface area contributed by atoms with Crippen molar-refractivity contribution in [3.8, 4) is 0 Å². The standard InChI is InChI=1S/C17H16ClN3O/c1-2-13(16-19-14-5-3-4-6-15(14)20-16)21-17(22)11-7-9-12(18)10-8-11/h3-10,13H,2H2,1H3,(H,19,20)(H,21,22)/t13-/m0/s1. The van der Waals surface area contributed by atoms with Gasteiger partial charge in [-0.3, -0.25) is 4.79 Å². The highest BCUT2D eigenvalue weighted by molar-refractivity contribution is 6.30. The number of nitrogens with zero attached hydrogens (tertiary/aromatic N) is 1. The van der Waals surface area contributed by atoms with Gasteiger partial charge in [0.25, 0.3) is 5.91 Å². The van der Waals surface area contributed by atoms with Gasteiger partial charge in [0, 0.05) is 10.6 Å². The van der Waals surface area contributed by atoms with Crippen molar-refractivity contribution in [3.05, 3.63) is 64.9 Å². The second kappa shape index (κ2) is 6.20. The SMILES string of the molecule is CC[C@H](NC(=O)c1ccc(Cl)cc1)c1nc2ccccc2[nH]1. The third kappa shape index (κ3) is 2.97. The van der Waals surface area contributed by atoms with Gasteiger partial charge in [0.1, 0.15) is 5.82 Å². The predicted octanol–water partition coefficient (Wildman–Crippen LogP) is 4.10. The lowest BCUT2D eigenvalue weighted by atomic mass is 10.1. The number of aromatic nitrogens is 2. The maximum atomic E-state index is 12.3. The van der Waals surface area contributed by atoms with Crippen molar-refractivity contribution < 1.29 is 4.79 Å². The fraction of sp³-hybridized carbons (Fsp3) is 0.176. The largest absolute Gasteiger partial charge is 0.342 e. The van der Waals surface area contributed by atoms with Gasteiger partial charge in [-0.1, -0.05) is 30.7 Å². The summed E-state index contributed by atoms with van der Waals surface area (Å²) in [6.45, 7) is 2.01. The summed E-state index contributed by atoms with van der Waals surface area (Å²) in [6, 6.07) is 14.5. The van der Waals surface area contributed by atoms with E-state index in [0.29, 0.717) is 10.6 Å². The number of fused-ring (bicyclic) bond motifs is 1. The predicted molar refractivity (Wildman–Crippen MR) is 88.0 cm³/mol. The summed E-state index contributed by atoms with van der Waals surface area (Å²) < 4.78 is 0. The fourth-order valence-electron chi connectivity index (χ4n) is 2.34. The van der Waals surface area contributed by atoms with Crippen LogP contribution in [-0.2, 0) is 0 Å². The minimum Gasteiger partial charge on any atom is -0.342 e. The number of hydrogen-bond donors (Lipinski definition) is 2. The Morgan fingerprint density at radius 2 is 1.95 bits per heavy atom.